The zero-order valence-electron chi connectivity index (χ0n) is 8.02. The summed E-state index contributed by atoms with van der Waals surface area (Å²) in [5.41, 5.74) is -0.417. The van der Waals surface area contributed by atoms with Gasteiger partial charge in [-0.15, -0.1) is 0 Å². The first-order chi connectivity index (χ1) is 5.44. The van der Waals surface area contributed by atoms with Crippen molar-refractivity contribution < 1.29 is 9.59 Å². The third-order valence-electron chi connectivity index (χ3n) is 3.62. The molecule has 0 saturated heterocycles. The van der Waals surface area contributed by atoms with Crippen molar-refractivity contribution in [2.45, 2.75) is 40.0 Å². The monoisotopic (exact) mass is 168 g/mol. The van der Waals surface area contributed by atoms with Crippen LogP contribution in [0.2, 0.25) is 0 Å². The number of aldehydes is 1. The van der Waals surface area contributed by atoms with Gasteiger partial charge in [0.1, 0.15) is 0 Å². The molecule has 0 bridgehead atoms. The van der Waals surface area contributed by atoms with Crippen LogP contribution in [0.25, 0.3) is 0 Å². The largest absolute Gasteiger partial charge is 0.295 e. The van der Waals surface area contributed by atoms with Crippen LogP contribution in [0.3, 0.4) is 0 Å². The van der Waals surface area contributed by atoms with Crippen LogP contribution in [0.4, 0.5) is 0 Å². The van der Waals surface area contributed by atoms with Crippen LogP contribution in [0.15, 0.2) is 0 Å². The van der Waals surface area contributed by atoms with Gasteiger partial charge >= 0.3 is 0 Å². The molecule has 0 aromatic heterocycles. The van der Waals surface area contributed by atoms with E-state index in [1.807, 2.05) is 6.92 Å². The fourth-order valence-corrected chi connectivity index (χ4v) is 2.08. The predicted octanol–water partition coefficient (Wildman–Crippen LogP) is 1.97. The molecule has 1 rings (SSSR count). The van der Waals surface area contributed by atoms with Gasteiger partial charge in [0, 0.05) is 5.41 Å². The molecule has 1 saturated carbocycles. The number of ketones is 1. The van der Waals surface area contributed by atoms with Crippen LogP contribution in [0.1, 0.15) is 40.0 Å². The average molecular weight is 168 g/mol. The highest BCUT2D eigenvalue weighted by Crippen LogP contribution is 2.52. The molecule has 0 aliphatic heterocycles. The Morgan fingerprint density at radius 2 is 1.83 bits per heavy atom. The predicted molar refractivity (Wildman–Crippen MR) is 46.8 cm³/mol. The smallest absolute Gasteiger partial charge is 0.201 e. The van der Waals surface area contributed by atoms with Crippen molar-refractivity contribution in [1.82, 2.24) is 0 Å². The highest BCUT2D eigenvalue weighted by molar-refractivity contribution is 6.27. The van der Waals surface area contributed by atoms with E-state index in [4.69, 9.17) is 0 Å². The molecule has 1 atom stereocenters. The van der Waals surface area contributed by atoms with Gasteiger partial charge in [0.2, 0.25) is 5.78 Å². The SMILES string of the molecule is CC1(C)CCCC1(C)C(=O)C=O. The lowest BCUT2D eigenvalue weighted by Gasteiger charge is -2.35. The third kappa shape index (κ3) is 1.10. The summed E-state index contributed by atoms with van der Waals surface area (Å²) in [4.78, 5) is 21.8. The first-order valence-corrected chi connectivity index (χ1v) is 4.44. The van der Waals surface area contributed by atoms with Crippen molar-refractivity contribution in [3.63, 3.8) is 0 Å². The number of carbonyl (C=O) groups is 2. The molecule has 1 aliphatic rings. The van der Waals surface area contributed by atoms with Crippen molar-refractivity contribution >= 4 is 12.1 Å². The molecule has 0 amide bonds. The Bertz CT molecular complexity index is 218. The van der Waals surface area contributed by atoms with Gasteiger partial charge in [-0.3, -0.25) is 9.59 Å². The van der Waals surface area contributed by atoms with Gasteiger partial charge in [-0.05, 0) is 18.3 Å². The third-order valence-corrected chi connectivity index (χ3v) is 3.62. The minimum Gasteiger partial charge on any atom is -0.295 e. The fraction of sp³-hybridized carbons (Fsp3) is 0.800. The zero-order valence-corrected chi connectivity index (χ0v) is 8.02. The number of hydrogen-bond donors (Lipinski definition) is 0. The normalized spacial score (nSPS) is 33.2. The van der Waals surface area contributed by atoms with Crippen molar-refractivity contribution in [2.24, 2.45) is 10.8 Å². The molecule has 0 spiro atoms. The summed E-state index contributed by atoms with van der Waals surface area (Å²) in [6.45, 7) is 6.06. The van der Waals surface area contributed by atoms with E-state index in [-0.39, 0.29) is 11.2 Å². The molecule has 0 heterocycles. The Hall–Kier alpha value is -0.660. The molecule has 1 unspecified atom stereocenters. The first-order valence-electron chi connectivity index (χ1n) is 4.44. The van der Waals surface area contributed by atoms with Gasteiger partial charge in [-0.25, -0.2) is 0 Å². The van der Waals surface area contributed by atoms with Crippen molar-refractivity contribution in [3.8, 4) is 0 Å². The summed E-state index contributed by atoms with van der Waals surface area (Å²) >= 11 is 0. The number of hydrogen-bond acceptors (Lipinski definition) is 2. The van der Waals surface area contributed by atoms with Gasteiger partial charge in [0.15, 0.2) is 6.29 Å². The van der Waals surface area contributed by atoms with Crippen molar-refractivity contribution in [1.29, 1.82) is 0 Å². The zero-order chi connectivity index (χ0) is 9.41. The average Bonchev–Trinajstić information content (AvgIpc) is 2.26. The highest BCUT2D eigenvalue weighted by Gasteiger charge is 2.49. The van der Waals surface area contributed by atoms with Crippen LogP contribution < -0.4 is 0 Å². The van der Waals surface area contributed by atoms with E-state index in [0.717, 1.165) is 19.3 Å². The second-order valence-corrected chi connectivity index (χ2v) is 4.55. The molecule has 0 radical (unpaired) electrons. The van der Waals surface area contributed by atoms with E-state index in [2.05, 4.69) is 13.8 Å². The maximum absolute atomic E-state index is 11.4. The summed E-state index contributed by atoms with van der Waals surface area (Å²) in [7, 11) is 0. The number of carbonyl (C=O) groups excluding carboxylic acids is 2. The molecule has 12 heavy (non-hydrogen) atoms. The maximum atomic E-state index is 11.4. The molecular formula is C10H16O2. The Balaban J connectivity index is 2.97. The Labute approximate surface area is 73.3 Å². The molecule has 2 nitrogen and oxygen atoms in total. The quantitative estimate of drug-likeness (QED) is 0.466. The lowest BCUT2D eigenvalue weighted by atomic mass is 9.67. The van der Waals surface area contributed by atoms with Gasteiger partial charge in [-0.1, -0.05) is 27.2 Å². The molecule has 1 fully saturated rings. The minimum absolute atomic E-state index is 0.00894. The summed E-state index contributed by atoms with van der Waals surface area (Å²) in [5.74, 6) is -0.231. The van der Waals surface area contributed by atoms with E-state index < -0.39 is 5.41 Å². The lowest BCUT2D eigenvalue weighted by Crippen LogP contribution is -2.38. The summed E-state index contributed by atoms with van der Waals surface area (Å²) < 4.78 is 0. The fourth-order valence-electron chi connectivity index (χ4n) is 2.08. The lowest BCUT2D eigenvalue weighted by molar-refractivity contribution is -0.139. The topological polar surface area (TPSA) is 34.1 Å². The van der Waals surface area contributed by atoms with E-state index in [9.17, 15) is 9.59 Å². The van der Waals surface area contributed by atoms with Crippen molar-refractivity contribution in [3.05, 3.63) is 0 Å². The van der Waals surface area contributed by atoms with Gasteiger partial charge in [0.25, 0.3) is 0 Å². The van der Waals surface area contributed by atoms with Gasteiger partial charge < -0.3 is 0 Å². The van der Waals surface area contributed by atoms with E-state index in [0.29, 0.717) is 6.29 Å². The second kappa shape index (κ2) is 2.68. The van der Waals surface area contributed by atoms with Crippen molar-refractivity contribution in [2.75, 3.05) is 0 Å². The minimum atomic E-state index is -0.408. The summed E-state index contributed by atoms with van der Waals surface area (Å²) in [6, 6.07) is 0. The van der Waals surface area contributed by atoms with Gasteiger partial charge in [-0.2, -0.15) is 0 Å². The van der Waals surface area contributed by atoms with E-state index >= 15 is 0 Å². The Morgan fingerprint density at radius 3 is 2.17 bits per heavy atom. The molecular weight excluding hydrogens is 152 g/mol. The van der Waals surface area contributed by atoms with E-state index in [1.54, 1.807) is 0 Å². The maximum Gasteiger partial charge on any atom is 0.201 e. The molecule has 0 aromatic carbocycles. The van der Waals surface area contributed by atoms with Crippen LogP contribution in [0.5, 0.6) is 0 Å². The number of Topliss-reactive ketones (excluding diaryl/α,β-unsaturated/α-hetero) is 1. The molecule has 1 aliphatic carbocycles. The second-order valence-electron chi connectivity index (χ2n) is 4.55. The number of rotatable bonds is 2. The molecule has 2 heteroatoms. The molecule has 68 valence electrons. The summed E-state index contributed by atoms with van der Waals surface area (Å²) in [6.07, 6.45) is 3.44. The van der Waals surface area contributed by atoms with E-state index in [1.165, 1.54) is 0 Å². The summed E-state index contributed by atoms with van der Waals surface area (Å²) in [5, 5.41) is 0. The molecule has 0 aromatic rings. The highest BCUT2D eigenvalue weighted by atomic mass is 16.2. The van der Waals surface area contributed by atoms with Crippen LogP contribution in [-0.2, 0) is 9.59 Å². The Kier molecular flexibility index (Phi) is 2.11. The van der Waals surface area contributed by atoms with Gasteiger partial charge in [0.05, 0.1) is 0 Å². The van der Waals surface area contributed by atoms with Crippen LogP contribution in [-0.4, -0.2) is 12.1 Å². The first kappa shape index (κ1) is 9.43. The molecule has 0 N–H and O–H groups in total. The Morgan fingerprint density at radius 1 is 1.25 bits per heavy atom. The standard InChI is InChI=1S/C10H16O2/c1-9(2)5-4-6-10(9,3)8(12)7-11/h7H,4-6H2,1-3H3. The van der Waals surface area contributed by atoms with Crippen LogP contribution >= 0.6 is 0 Å². The van der Waals surface area contributed by atoms with Crippen LogP contribution in [0, 0.1) is 10.8 Å².